The van der Waals surface area contributed by atoms with Crippen molar-refractivity contribution in [3.05, 3.63) is 18.2 Å². The van der Waals surface area contributed by atoms with Crippen molar-refractivity contribution >= 4 is 5.91 Å². The molecule has 0 aromatic carbocycles. The second-order valence-electron chi connectivity index (χ2n) is 5.83. The lowest BCUT2D eigenvalue weighted by Crippen LogP contribution is -2.37. The number of aliphatic hydroxyl groups is 1. The third-order valence-electron chi connectivity index (χ3n) is 4.29. The largest absolute Gasteiger partial charge is 0.388 e. The number of fused-ring (bicyclic) bond motifs is 1. The fraction of sp³-hybridized carbons (Fsp3) is 0.714. The number of nitrogens with zero attached hydrogens (tertiary/aromatic N) is 2. The van der Waals surface area contributed by atoms with Gasteiger partial charge in [0, 0.05) is 32.4 Å². The van der Waals surface area contributed by atoms with Gasteiger partial charge < -0.3 is 30.2 Å². The van der Waals surface area contributed by atoms with Crippen LogP contribution in [0.1, 0.15) is 18.7 Å². The summed E-state index contributed by atoms with van der Waals surface area (Å²) in [6.45, 7) is 0.655. The number of aromatic nitrogens is 2. The van der Waals surface area contributed by atoms with Gasteiger partial charge in [-0.1, -0.05) is 0 Å². The Morgan fingerprint density at radius 1 is 1.59 bits per heavy atom. The Morgan fingerprint density at radius 2 is 2.41 bits per heavy atom. The highest BCUT2D eigenvalue weighted by molar-refractivity contribution is 5.76. The molecule has 3 heterocycles. The van der Waals surface area contributed by atoms with Crippen LogP contribution in [-0.4, -0.2) is 57.6 Å². The highest BCUT2D eigenvalue weighted by atomic mass is 16.6. The predicted molar refractivity (Wildman–Crippen MR) is 76.7 cm³/mol. The molecule has 0 aliphatic carbocycles. The molecule has 2 aliphatic heterocycles. The fourth-order valence-corrected chi connectivity index (χ4v) is 3.06. The Kier molecular flexibility index (Phi) is 4.44. The summed E-state index contributed by atoms with van der Waals surface area (Å²) < 4.78 is 13.3. The van der Waals surface area contributed by atoms with E-state index in [1.807, 2.05) is 17.8 Å². The number of nitrogens with two attached hydrogens (primary N) is 1. The third-order valence-corrected chi connectivity index (χ3v) is 4.29. The summed E-state index contributed by atoms with van der Waals surface area (Å²) in [5.74, 6) is 0.694. The molecule has 8 heteroatoms. The van der Waals surface area contributed by atoms with Crippen LogP contribution in [0.15, 0.2) is 12.4 Å². The number of carbonyl (C=O) groups is 1. The summed E-state index contributed by atoms with van der Waals surface area (Å²) in [6.07, 6.45) is 2.52. The number of rotatable bonds is 5. The van der Waals surface area contributed by atoms with Gasteiger partial charge in [0.25, 0.3) is 0 Å². The van der Waals surface area contributed by atoms with Crippen molar-refractivity contribution in [1.29, 1.82) is 0 Å². The average Bonchev–Trinajstić information content (AvgIpc) is 3.14. The van der Waals surface area contributed by atoms with Crippen LogP contribution in [0.2, 0.25) is 0 Å². The van der Waals surface area contributed by atoms with Crippen LogP contribution >= 0.6 is 0 Å². The molecular formula is C14H22N4O4. The monoisotopic (exact) mass is 310 g/mol. The molecule has 22 heavy (non-hydrogen) atoms. The van der Waals surface area contributed by atoms with Gasteiger partial charge in [-0.25, -0.2) is 4.98 Å². The first-order valence-electron chi connectivity index (χ1n) is 7.50. The number of carbonyl (C=O) groups excluding carboxylic acids is 1. The maximum Gasteiger partial charge on any atom is 0.222 e. The molecule has 8 nitrogen and oxygen atoms in total. The van der Waals surface area contributed by atoms with E-state index in [0.717, 1.165) is 5.82 Å². The smallest absolute Gasteiger partial charge is 0.222 e. The van der Waals surface area contributed by atoms with Gasteiger partial charge in [-0.05, 0) is 0 Å². The van der Waals surface area contributed by atoms with Gasteiger partial charge in [-0.15, -0.1) is 0 Å². The lowest BCUT2D eigenvalue weighted by Gasteiger charge is -2.18. The molecule has 1 aromatic rings. The molecule has 5 unspecified atom stereocenters. The number of hydrogen-bond acceptors (Lipinski definition) is 6. The highest BCUT2D eigenvalue weighted by Crippen LogP contribution is 2.35. The van der Waals surface area contributed by atoms with Crippen molar-refractivity contribution in [2.45, 2.75) is 49.9 Å². The Bertz CT molecular complexity index is 535. The molecule has 4 N–H and O–H groups in total. The van der Waals surface area contributed by atoms with Crippen LogP contribution in [-0.2, 0) is 27.9 Å². The SMILES string of the molecule is Cn1ccnc1CNC(=O)CC1CC2OC(CN)C(O)C2O1. The van der Waals surface area contributed by atoms with Crippen molar-refractivity contribution in [1.82, 2.24) is 14.9 Å². The fourth-order valence-electron chi connectivity index (χ4n) is 3.06. The van der Waals surface area contributed by atoms with Gasteiger partial charge >= 0.3 is 0 Å². The van der Waals surface area contributed by atoms with Gasteiger partial charge in [0.1, 0.15) is 18.0 Å². The second kappa shape index (κ2) is 6.33. The van der Waals surface area contributed by atoms with Gasteiger partial charge in [-0.3, -0.25) is 4.79 Å². The summed E-state index contributed by atoms with van der Waals surface area (Å²) in [5, 5.41) is 12.9. The van der Waals surface area contributed by atoms with E-state index in [-0.39, 0.29) is 43.3 Å². The lowest BCUT2D eigenvalue weighted by atomic mass is 10.1. The molecule has 2 saturated heterocycles. The highest BCUT2D eigenvalue weighted by Gasteiger charge is 2.50. The minimum Gasteiger partial charge on any atom is -0.388 e. The van der Waals surface area contributed by atoms with E-state index in [4.69, 9.17) is 15.2 Å². The molecule has 5 atom stereocenters. The number of imidazole rings is 1. The normalized spacial score (nSPS) is 33.9. The van der Waals surface area contributed by atoms with Crippen LogP contribution in [0, 0.1) is 0 Å². The van der Waals surface area contributed by atoms with Gasteiger partial charge in [-0.2, -0.15) is 0 Å². The molecule has 3 rings (SSSR count). The molecule has 122 valence electrons. The minimum atomic E-state index is -0.712. The lowest BCUT2D eigenvalue weighted by molar-refractivity contribution is -0.125. The van der Waals surface area contributed by atoms with Crippen LogP contribution in [0.5, 0.6) is 0 Å². The van der Waals surface area contributed by atoms with E-state index >= 15 is 0 Å². The average molecular weight is 310 g/mol. The maximum atomic E-state index is 12.0. The molecule has 1 aromatic heterocycles. The molecular weight excluding hydrogens is 288 g/mol. The Morgan fingerprint density at radius 3 is 3.05 bits per heavy atom. The number of ether oxygens (including phenoxy) is 2. The first kappa shape index (κ1) is 15.4. The number of aryl methyl sites for hydroxylation is 1. The molecule has 2 fully saturated rings. The van der Waals surface area contributed by atoms with E-state index in [9.17, 15) is 9.90 Å². The van der Waals surface area contributed by atoms with E-state index in [2.05, 4.69) is 10.3 Å². The standard InChI is InChI=1S/C14H22N4O4/c1-18-3-2-16-11(18)7-17-12(19)5-8-4-9-14(21-8)13(20)10(6-15)22-9/h2-3,8-10,13-14,20H,4-7,15H2,1H3,(H,17,19). The summed E-state index contributed by atoms with van der Waals surface area (Å²) in [4.78, 5) is 16.1. The van der Waals surface area contributed by atoms with Crippen molar-refractivity contribution in [2.75, 3.05) is 6.54 Å². The van der Waals surface area contributed by atoms with Crippen molar-refractivity contribution in [3.63, 3.8) is 0 Å². The van der Waals surface area contributed by atoms with Crippen molar-refractivity contribution in [3.8, 4) is 0 Å². The Balaban J connectivity index is 1.45. The summed E-state index contributed by atoms with van der Waals surface area (Å²) in [7, 11) is 1.88. The zero-order valence-corrected chi connectivity index (χ0v) is 12.5. The minimum absolute atomic E-state index is 0.0992. The number of hydrogen-bond donors (Lipinski definition) is 3. The molecule has 0 saturated carbocycles. The molecule has 0 spiro atoms. The number of aliphatic hydroxyl groups excluding tert-OH is 1. The first-order chi connectivity index (χ1) is 10.6. The van der Waals surface area contributed by atoms with Gasteiger partial charge in [0.05, 0.1) is 31.3 Å². The second-order valence-corrected chi connectivity index (χ2v) is 5.83. The predicted octanol–water partition coefficient (Wildman–Crippen LogP) is -1.33. The summed E-state index contributed by atoms with van der Waals surface area (Å²) in [6, 6.07) is 0. The van der Waals surface area contributed by atoms with Crippen LogP contribution in [0.4, 0.5) is 0 Å². The Labute approximate surface area is 128 Å². The Hall–Kier alpha value is -1.48. The zero-order valence-electron chi connectivity index (χ0n) is 12.5. The van der Waals surface area contributed by atoms with E-state index in [1.165, 1.54) is 0 Å². The third kappa shape index (κ3) is 3.00. The zero-order chi connectivity index (χ0) is 15.7. The number of nitrogens with one attached hydrogen (secondary N) is 1. The topological polar surface area (TPSA) is 112 Å². The first-order valence-corrected chi connectivity index (χ1v) is 7.50. The van der Waals surface area contributed by atoms with Gasteiger partial charge in [0.2, 0.25) is 5.91 Å². The quantitative estimate of drug-likeness (QED) is 0.621. The summed E-state index contributed by atoms with van der Waals surface area (Å²) in [5.41, 5.74) is 5.53. The molecule has 0 bridgehead atoms. The molecule has 0 radical (unpaired) electrons. The van der Waals surface area contributed by atoms with E-state index in [0.29, 0.717) is 13.0 Å². The number of amides is 1. The van der Waals surface area contributed by atoms with E-state index in [1.54, 1.807) is 6.20 Å². The van der Waals surface area contributed by atoms with Crippen LogP contribution < -0.4 is 11.1 Å². The van der Waals surface area contributed by atoms with E-state index < -0.39 is 6.10 Å². The van der Waals surface area contributed by atoms with Crippen LogP contribution in [0.3, 0.4) is 0 Å². The summed E-state index contributed by atoms with van der Waals surface area (Å²) >= 11 is 0. The molecule has 2 aliphatic rings. The van der Waals surface area contributed by atoms with Crippen LogP contribution in [0.25, 0.3) is 0 Å². The van der Waals surface area contributed by atoms with Crippen molar-refractivity contribution < 1.29 is 19.4 Å². The molecule has 1 amide bonds. The van der Waals surface area contributed by atoms with Crippen molar-refractivity contribution in [2.24, 2.45) is 12.8 Å². The maximum absolute atomic E-state index is 12.0. The van der Waals surface area contributed by atoms with Gasteiger partial charge in [0.15, 0.2) is 0 Å².